The Kier molecular flexibility index (Phi) is 6.45. The first-order chi connectivity index (χ1) is 15.0. The van der Waals surface area contributed by atoms with E-state index in [2.05, 4.69) is 44.9 Å². The summed E-state index contributed by atoms with van der Waals surface area (Å²) in [5.41, 5.74) is 3.07. The topological polar surface area (TPSA) is 69.5 Å². The van der Waals surface area contributed by atoms with Gasteiger partial charge in [-0.2, -0.15) is 14.9 Å². The van der Waals surface area contributed by atoms with Crippen LogP contribution in [0.1, 0.15) is 30.8 Å². The van der Waals surface area contributed by atoms with Gasteiger partial charge in [-0.05, 0) is 49.1 Å². The molecule has 31 heavy (non-hydrogen) atoms. The number of rotatable bonds is 7. The van der Waals surface area contributed by atoms with Gasteiger partial charge in [0.05, 0.1) is 12.4 Å². The third kappa shape index (κ3) is 4.39. The van der Waals surface area contributed by atoms with E-state index in [-0.39, 0.29) is 5.91 Å². The molecule has 1 N–H and O–H groups in total. The van der Waals surface area contributed by atoms with Crippen LogP contribution in [0.15, 0.2) is 58.1 Å². The Morgan fingerprint density at radius 2 is 1.90 bits per heavy atom. The molecule has 0 atom stereocenters. The van der Waals surface area contributed by atoms with Crippen LogP contribution in [0, 0.1) is 4.77 Å². The molecule has 1 aliphatic rings. The minimum Gasteiger partial charge on any atom is -0.293 e. The Morgan fingerprint density at radius 3 is 2.61 bits per heavy atom. The molecule has 7 nitrogen and oxygen atoms in total. The molecule has 2 heterocycles. The Labute approximate surface area is 194 Å². The molecule has 160 valence electrons. The zero-order valence-corrected chi connectivity index (χ0v) is 19.8. The number of hydrogen-bond donors (Lipinski definition) is 1. The van der Waals surface area contributed by atoms with E-state index in [1.807, 2.05) is 48.5 Å². The van der Waals surface area contributed by atoms with Crippen LogP contribution in [0.2, 0.25) is 0 Å². The van der Waals surface area contributed by atoms with Crippen LogP contribution in [-0.2, 0) is 11.2 Å². The predicted octanol–water partition coefficient (Wildman–Crippen LogP) is 4.19. The average molecular weight is 499 g/mol. The number of fused-ring (bicyclic) bond motifs is 1. The van der Waals surface area contributed by atoms with Crippen molar-refractivity contribution in [1.29, 1.82) is 0 Å². The van der Waals surface area contributed by atoms with Crippen molar-refractivity contribution in [2.45, 2.75) is 20.3 Å². The fraction of sp³-hybridized carbons (Fsp3) is 0.273. The number of nitrogens with one attached hydrogen (secondary N) is 1. The summed E-state index contributed by atoms with van der Waals surface area (Å²) in [5.74, 6) is 0.504. The first-order valence-electron chi connectivity index (χ1n) is 10.1. The summed E-state index contributed by atoms with van der Waals surface area (Å²) in [6, 6.07) is 15.8. The number of carbonyl (C=O) groups excluding carboxylic acids is 1. The predicted molar refractivity (Wildman–Crippen MR) is 128 cm³/mol. The van der Waals surface area contributed by atoms with Crippen molar-refractivity contribution in [3.63, 3.8) is 0 Å². The molecule has 0 radical (unpaired) electrons. The zero-order chi connectivity index (χ0) is 22.0. The lowest BCUT2D eigenvalue weighted by atomic mass is 10.1. The number of amides is 1. The number of nitrogens with zero attached hydrogens (tertiary/aromatic N) is 5. The van der Waals surface area contributed by atoms with Gasteiger partial charge in [0.1, 0.15) is 0 Å². The molecule has 1 aliphatic heterocycles. The average Bonchev–Trinajstić information content (AvgIpc) is 3.24. The summed E-state index contributed by atoms with van der Waals surface area (Å²) in [7, 11) is 0. The second-order valence-electron chi connectivity index (χ2n) is 7.21. The third-order valence-corrected chi connectivity index (χ3v) is 6.07. The van der Waals surface area contributed by atoms with Crippen LogP contribution in [0.4, 0.5) is 5.69 Å². The van der Waals surface area contributed by atoms with Crippen LogP contribution < -0.4 is 4.90 Å². The van der Waals surface area contributed by atoms with Crippen LogP contribution >= 0.6 is 28.1 Å². The van der Waals surface area contributed by atoms with E-state index in [1.165, 1.54) is 0 Å². The van der Waals surface area contributed by atoms with Crippen LogP contribution in [0.25, 0.3) is 0 Å². The van der Waals surface area contributed by atoms with E-state index in [1.54, 1.807) is 9.58 Å². The molecule has 0 bridgehead atoms. The van der Waals surface area contributed by atoms with Gasteiger partial charge in [0.25, 0.3) is 5.91 Å². The number of hydrogen-bond acceptors (Lipinski definition) is 5. The number of H-pyrrole nitrogens is 1. The Bertz CT molecular complexity index is 1180. The lowest BCUT2D eigenvalue weighted by molar-refractivity contribution is -0.112. The molecule has 4 rings (SSSR count). The molecule has 1 aromatic heterocycles. The summed E-state index contributed by atoms with van der Waals surface area (Å²) < 4.78 is 2.79. The molecule has 2 aromatic carbocycles. The number of anilines is 1. The van der Waals surface area contributed by atoms with Gasteiger partial charge in [0.2, 0.25) is 4.77 Å². The van der Waals surface area contributed by atoms with Crippen molar-refractivity contribution in [1.82, 2.24) is 19.8 Å². The fourth-order valence-electron chi connectivity index (χ4n) is 3.57. The molecule has 0 saturated heterocycles. The molecule has 9 heteroatoms. The highest BCUT2D eigenvalue weighted by atomic mass is 79.9. The molecule has 0 saturated carbocycles. The summed E-state index contributed by atoms with van der Waals surface area (Å²) in [6.45, 7) is 6.39. The van der Waals surface area contributed by atoms with Crippen LogP contribution in [-0.4, -0.2) is 51.2 Å². The van der Waals surface area contributed by atoms with Gasteiger partial charge in [-0.1, -0.05) is 60.1 Å². The Hall–Kier alpha value is -2.62. The van der Waals surface area contributed by atoms with Gasteiger partial charge in [0.15, 0.2) is 11.5 Å². The van der Waals surface area contributed by atoms with E-state index in [0.717, 1.165) is 34.4 Å². The first kappa shape index (κ1) is 21.6. The number of benzene rings is 2. The minimum atomic E-state index is -0.145. The summed E-state index contributed by atoms with van der Waals surface area (Å²) >= 11 is 8.94. The number of aromatic amines is 1. The van der Waals surface area contributed by atoms with E-state index in [4.69, 9.17) is 17.3 Å². The largest absolute Gasteiger partial charge is 0.293 e. The Morgan fingerprint density at radius 1 is 1.16 bits per heavy atom. The highest BCUT2D eigenvalue weighted by Crippen LogP contribution is 2.32. The molecule has 0 fully saturated rings. The molecule has 1 amide bonds. The van der Waals surface area contributed by atoms with E-state index >= 15 is 0 Å². The first-order valence-corrected chi connectivity index (χ1v) is 11.3. The zero-order valence-electron chi connectivity index (χ0n) is 17.4. The van der Waals surface area contributed by atoms with Crippen LogP contribution in [0.5, 0.6) is 0 Å². The van der Waals surface area contributed by atoms with Crippen molar-refractivity contribution >= 4 is 45.5 Å². The van der Waals surface area contributed by atoms with Gasteiger partial charge in [0, 0.05) is 16.5 Å². The van der Waals surface area contributed by atoms with Gasteiger partial charge < -0.3 is 0 Å². The van der Waals surface area contributed by atoms with E-state index in [9.17, 15) is 4.79 Å². The summed E-state index contributed by atoms with van der Waals surface area (Å²) in [6.07, 6.45) is 0.549. The molecular formula is C22H23BrN6OS. The molecular weight excluding hydrogens is 476 g/mol. The van der Waals surface area contributed by atoms with E-state index in [0.29, 0.717) is 29.4 Å². The van der Waals surface area contributed by atoms with Crippen molar-refractivity contribution in [2.24, 2.45) is 5.10 Å². The third-order valence-electron chi connectivity index (χ3n) is 5.31. The van der Waals surface area contributed by atoms with Crippen LogP contribution in [0.3, 0.4) is 0 Å². The highest BCUT2D eigenvalue weighted by molar-refractivity contribution is 9.10. The Balaban J connectivity index is 1.76. The highest BCUT2D eigenvalue weighted by Gasteiger charge is 2.35. The fourth-order valence-corrected chi connectivity index (χ4v) is 4.12. The molecule has 3 aromatic rings. The van der Waals surface area contributed by atoms with Crippen molar-refractivity contribution in [3.8, 4) is 0 Å². The SMILES string of the molecule is CCN(CC)CN1C(=O)/C(=N/n2c(Cc3ccccc3)n[nH]c2=S)c2cc(Br)ccc21. The second-order valence-corrected chi connectivity index (χ2v) is 8.51. The van der Waals surface area contributed by atoms with Gasteiger partial charge >= 0.3 is 0 Å². The molecule has 0 unspecified atom stereocenters. The van der Waals surface area contributed by atoms with Crippen molar-refractivity contribution in [3.05, 3.63) is 74.7 Å². The lowest BCUT2D eigenvalue weighted by Gasteiger charge is -2.25. The standard InChI is InChI=1S/C22H23BrN6OS/c1-3-27(4-2)14-28-18-11-10-16(23)13-17(18)20(21(28)30)26-29-19(24-25-22(29)31)12-15-8-6-5-7-9-15/h5-11,13H,3-4,12,14H2,1-2H3,(H,25,31)/b26-20+. The number of aromatic nitrogens is 3. The van der Waals surface area contributed by atoms with Gasteiger partial charge in [-0.3, -0.25) is 19.7 Å². The second kappa shape index (κ2) is 9.25. The van der Waals surface area contributed by atoms with Gasteiger partial charge in [-0.15, -0.1) is 0 Å². The van der Waals surface area contributed by atoms with Gasteiger partial charge in [-0.25, -0.2) is 0 Å². The maximum Gasteiger partial charge on any atom is 0.280 e. The maximum absolute atomic E-state index is 13.4. The maximum atomic E-state index is 13.4. The van der Waals surface area contributed by atoms with Crippen molar-refractivity contribution < 1.29 is 4.79 Å². The summed E-state index contributed by atoms with van der Waals surface area (Å²) in [5, 5.41) is 11.8. The number of halogens is 1. The molecule has 0 aliphatic carbocycles. The summed E-state index contributed by atoms with van der Waals surface area (Å²) in [4.78, 5) is 17.4. The quantitative estimate of drug-likeness (QED) is 0.495. The molecule has 0 spiro atoms. The monoisotopic (exact) mass is 498 g/mol. The number of carbonyl (C=O) groups is 1. The van der Waals surface area contributed by atoms with E-state index < -0.39 is 0 Å². The lowest BCUT2D eigenvalue weighted by Crippen LogP contribution is -2.41. The normalized spacial score (nSPS) is 14.6. The smallest absolute Gasteiger partial charge is 0.280 e. The van der Waals surface area contributed by atoms with Crippen molar-refractivity contribution in [2.75, 3.05) is 24.7 Å². The minimum absolute atomic E-state index is 0.145.